The summed E-state index contributed by atoms with van der Waals surface area (Å²) in [5.41, 5.74) is 17.5. The van der Waals surface area contributed by atoms with Crippen LogP contribution in [0.5, 0.6) is 0 Å². The van der Waals surface area contributed by atoms with Gasteiger partial charge < -0.3 is 13.9 Å². The predicted octanol–water partition coefficient (Wildman–Crippen LogP) is 19.1. The molecule has 0 radical (unpaired) electrons. The molecule has 3 nitrogen and oxygen atoms in total. The van der Waals surface area contributed by atoms with Crippen LogP contribution in [0, 0.1) is 0 Å². The molecular formula is C68H44N2O. The van der Waals surface area contributed by atoms with E-state index in [1.807, 2.05) is 0 Å². The molecule has 2 aromatic heterocycles. The van der Waals surface area contributed by atoms with Crippen molar-refractivity contribution in [3.63, 3.8) is 0 Å². The Hall–Kier alpha value is -9.44. The average Bonchev–Trinajstić information content (AvgIpc) is 4.01. The first-order chi connectivity index (χ1) is 35.2. The van der Waals surface area contributed by atoms with Crippen molar-refractivity contribution in [2.45, 2.75) is 0 Å². The third-order valence-electron chi connectivity index (χ3n) is 14.4. The molecular weight excluding hydrogens is 861 g/mol. The van der Waals surface area contributed by atoms with Gasteiger partial charge in [0.2, 0.25) is 0 Å². The number of nitrogens with zero attached hydrogens (tertiary/aromatic N) is 2. The van der Waals surface area contributed by atoms with E-state index in [4.69, 9.17) is 4.42 Å². The van der Waals surface area contributed by atoms with Crippen molar-refractivity contribution in [3.05, 3.63) is 267 Å². The van der Waals surface area contributed by atoms with Gasteiger partial charge in [0.1, 0.15) is 11.2 Å². The van der Waals surface area contributed by atoms with Crippen LogP contribution in [0.1, 0.15) is 0 Å². The van der Waals surface area contributed by atoms with Gasteiger partial charge in [0.05, 0.1) is 27.8 Å². The van der Waals surface area contributed by atoms with E-state index >= 15 is 0 Å². The number of fused-ring (bicyclic) bond motifs is 9. The Morgan fingerprint density at radius 1 is 0.310 bits per heavy atom. The Kier molecular flexibility index (Phi) is 9.53. The van der Waals surface area contributed by atoms with Crippen LogP contribution in [-0.4, -0.2) is 4.57 Å². The molecule has 71 heavy (non-hydrogen) atoms. The van der Waals surface area contributed by atoms with Crippen molar-refractivity contribution in [2.75, 3.05) is 4.90 Å². The standard InChI is InChI=1S/C68H44N2O/c1-2-16-45(17-3-1)46-30-32-47(33-31-46)48-34-38-51(39-35-48)69(52-40-36-49(37-41-52)61-44-50-18-4-5-19-53(50)54-20-6-7-21-55(54)61)65-43-42-59(68-67(65)60-25-11-15-29-66(60)71-68)58-24-10-14-28-64(58)70-62-26-12-8-22-56(62)57-23-9-13-27-63(57)70/h1-44H. The molecule has 0 N–H and O–H groups in total. The number of anilines is 3. The van der Waals surface area contributed by atoms with Crippen LogP contribution < -0.4 is 4.90 Å². The fourth-order valence-electron chi connectivity index (χ4n) is 11.1. The van der Waals surface area contributed by atoms with E-state index in [0.29, 0.717) is 0 Å². The molecule has 0 atom stereocenters. The summed E-state index contributed by atoms with van der Waals surface area (Å²) < 4.78 is 9.49. The topological polar surface area (TPSA) is 21.3 Å². The van der Waals surface area contributed by atoms with Crippen molar-refractivity contribution in [1.82, 2.24) is 4.57 Å². The summed E-state index contributed by atoms with van der Waals surface area (Å²) in [4.78, 5) is 2.40. The van der Waals surface area contributed by atoms with Crippen molar-refractivity contribution in [2.24, 2.45) is 0 Å². The first-order valence-electron chi connectivity index (χ1n) is 24.3. The van der Waals surface area contributed by atoms with E-state index in [-0.39, 0.29) is 0 Å². The molecule has 0 aliphatic rings. The fourth-order valence-corrected chi connectivity index (χ4v) is 11.1. The zero-order valence-electron chi connectivity index (χ0n) is 38.7. The van der Waals surface area contributed by atoms with E-state index in [0.717, 1.165) is 61.4 Å². The van der Waals surface area contributed by atoms with Crippen LogP contribution in [-0.2, 0) is 0 Å². The minimum Gasteiger partial charge on any atom is -0.455 e. The second kappa shape index (κ2) is 16.7. The second-order valence-corrected chi connectivity index (χ2v) is 18.4. The van der Waals surface area contributed by atoms with Gasteiger partial charge in [0, 0.05) is 38.7 Å². The largest absolute Gasteiger partial charge is 0.455 e. The van der Waals surface area contributed by atoms with Crippen LogP contribution in [0.25, 0.3) is 115 Å². The van der Waals surface area contributed by atoms with E-state index in [2.05, 4.69) is 276 Å². The van der Waals surface area contributed by atoms with E-state index in [1.165, 1.54) is 71.2 Å². The lowest BCUT2D eigenvalue weighted by Gasteiger charge is -2.27. The van der Waals surface area contributed by atoms with Crippen molar-refractivity contribution in [3.8, 4) is 50.2 Å². The van der Waals surface area contributed by atoms with Crippen LogP contribution in [0.4, 0.5) is 17.1 Å². The number of aromatic nitrogens is 1. The molecule has 0 saturated heterocycles. The molecule has 0 unspecified atom stereocenters. The Labute approximate surface area is 411 Å². The molecule has 12 aromatic carbocycles. The van der Waals surface area contributed by atoms with Gasteiger partial charge in [-0.1, -0.05) is 200 Å². The first-order valence-corrected chi connectivity index (χ1v) is 24.3. The third kappa shape index (κ3) is 6.74. The monoisotopic (exact) mass is 904 g/mol. The van der Waals surface area contributed by atoms with Crippen molar-refractivity contribution >= 4 is 82.4 Å². The lowest BCUT2D eigenvalue weighted by atomic mass is 9.93. The molecule has 332 valence electrons. The number of benzene rings is 12. The van der Waals surface area contributed by atoms with Crippen LogP contribution in [0.3, 0.4) is 0 Å². The summed E-state index contributed by atoms with van der Waals surface area (Å²) in [7, 11) is 0. The van der Waals surface area contributed by atoms with Crippen molar-refractivity contribution < 1.29 is 4.42 Å². The minimum absolute atomic E-state index is 0.844. The number of hydrogen-bond donors (Lipinski definition) is 0. The second-order valence-electron chi connectivity index (χ2n) is 18.4. The third-order valence-corrected chi connectivity index (χ3v) is 14.4. The molecule has 0 amide bonds. The fraction of sp³-hybridized carbons (Fsp3) is 0. The smallest absolute Gasteiger partial charge is 0.145 e. The maximum atomic E-state index is 7.08. The van der Waals surface area contributed by atoms with Gasteiger partial charge in [-0.15, -0.1) is 0 Å². The Balaban J connectivity index is 0.953. The summed E-state index contributed by atoms with van der Waals surface area (Å²) in [6.07, 6.45) is 0. The summed E-state index contributed by atoms with van der Waals surface area (Å²) in [5, 5.41) is 9.58. The van der Waals surface area contributed by atoms with Gasteiger partial charge in [-0.25, -0.2) is 0 Å². The number of furan rings is 1. The summed E-state index contributed by atoms with van der Waals surface area (Å²) in [6.45, 7) is 0. The zero-order chi connectivity index (χ0) is 46.8. The quantitative estimate of drug-likeness (QED) is 0.142. The molecule has 0 fully saturated rings. The maximum Gasteiger partial charge on any atom is 0.145 e. The number of rotatable bonds is 8. The van der Waals surface area contributed by atoms with E-state index < -0.39 is 0 Å². The first kappa shape index (κ1) is 40.6. The lowest BCUT2D eigenvalue weighted by molar-refractivity contribution is 0.670. The van der Waals surface area contributed by atoms with Crippen LogP contribution in [0.2, 0.25) is 0 Å². The van der Waals surface area contributed by atoms with Crippen LogP contribution in [0.15, 0.2) is 271 Å². The molecule has 14 aromatic rings. The summed E-state index contributed by atoms with van der Waals surface area (Å²) in [6, 6.07) is 96.5. The van der Waals surface area contributed by atoms with Gasteiger partial charge in [-0.05, 0) is 122 Å². The highest BCUT2D eigenvalue weighted by molar-refractivity contribution is 6.18. The van der Waals surface area contributed by atoms with Gasteiger partial charge >= 0.3 is 0 Å². The SMILES string of the molecule is c1ccc(-c2ccc(-c3ccc(N(c4ccc(-c5cc6ccccc6c6ccccc56)cc4)c4ccc(-c5ccccc5-n5c6ccccc6c6ccccc65)c5oc6ccccc6c45)cc3)cc2)cc1. The summed E-state index contributed by atoms with van der Waals surface area (Å²) in [5.74, 6) is 0. The maximum absolute atomic E-state index is 7.08. The molecule has 0 saturated carbocycles. The minimum atomic E-state index is 0.844. The normalized spacial score (nSPS) is 11.7. The van der Waals surface area contributed by atoms with Gasteiger partial charge in [0.15, 0.2) is 0 Å². The lowest BCUT2D eigenvalue weighted by Crippen LogP contribution is -2.10. The molecule has 0 spiro atoms. The zero-order valence-corrected chi connectivity index (χ0v) is 38.7. The molecule has 0 bridgehead atoms. The van der Waals surface area contributed by atoms with Gasteiger partial charge in [0.25, 0.3) is 0 Å². The van der Waals surface area contributed by atoms with Crippen LogP contribution >= 0.6 is 0 Å². The highest BCUT2D eigenvalue weighted by atomic mass is 16.3. The predicted molar refractivity (Wildman–Crippen MR) is 299 cm³/mol. The van der Waals surface area contributed by atoms with Gasteiger partial charge in [-0.2, -0.15) is 0 Å². The highest BCUT2D eigenvalue weighted by Crippen LogP contribution is 2.48. The van der Waals surface area contributed by atoms with E-state index in [9.17, 15) is 0 Å². The molecule has 0 aliphatic heterocycles. The molecule has 2 heterocycles. The molecule has 3 heteroatoms. The number of para-hydroxylation sites is 4. The Morgan fingerprint density at radius 2 is 0.803 bits per heavy atom. The summed E-state index contributed by atoms with van der Waals surface area (Å²) >= 11 is 0. The molecule has 14 rings (SSSR count). The number of hydrogen-bond acceptors (Lipinski definition) is 2. The van der Waals surface area contributed by atoms with Gasteiger partial charge in [-0.3, -0.25) is 0 Å². The van der Waals surface area contributed by atoms with Crippen molar-refractivity contribution in [1.29, 1.82) is 0 Å². The Morgan fingerprint density at radius 3 is 1.48 bits per heavy atom. The molecule has 0 aliphatic carbocycles. The van der Waals surface area contributed by atoms with E-state index in [1.54, 1.807) is 0 Å². The average molecular weight is 905 g/mol. The Bertz CT molecular complexity index is 4260. The highest BCUT2D eigenvalue weighted by Gasteiger charge is 2.24.